The van der Waals surface area contributed by atoms with Crippen molar-refractivity contribution in [2.24, 2.45) is 0 Å². The first kappa shape index (κ1) is 26.9. The molecular formula is C25H27FN6O5S. The van der Waals surface area contributed by atoms with Crippen molar-refractivity contribution in [1.82, 2.24) is 24.7 Å². The second kappa shape index (κ2) is 11.1. The largest absolute Gasteiger partial charge is 0.494 e. The Hall–Kier alpha value is -4.10. The molecule has 0 spiro atoms. The second-order valence-electron chi connectivity index (χ2n) is 8.35. The molecule has 0 bridgehead atoms. The van der Waals surface area contributed by atoms with E-state index in [1.807, 2.05) is 13.0 Å². The minimum atomic E-state index is -4.16. The van der Waals surface area contributed by atoms with Gasteiger partial charge in [-0.1, -0.05) is 6.07 Å². The summed E-state index contributed by atoms with van der Waals surface area (Å²) in [5, 5.41) is 7.29. The van der Waals surface area contributed by atoms with Crippen LogP contribution in [0.2, 0.25) is 0 Å². The van der Waals surface area contributed by atoms with E-state index in [4.69, 9.17) is 14.2 Å². The molecule has 1 N–H and O–H groups in total. The van der Waals surface area contributed by atoms with Crippen molar-refractivity contribution in [1.29, 1.82) is 0 Å². The molecule has 4 aromatic rings. The third-order valence-corrected chi connectivity index (χ3v) is 7.56. The van der Waals surface area contributed by atoms with E-state index >= 15 is 0 Å². The van der Waals surface area contributed by atoms with E-state index in [0.29, 0.717) is 28.6 Å². The Morgan fingerprint density at radius 2 is 1.71 bits per heavy atom. The summed E-state index contributed by atoms with van der Waals surface area (Å²) in [4.78, 5) is 8.22. The molecule has 200 valence electrons. The van der Waals surface area contributed by atoms with Gasteiger partial charge in [0.25, 0.3) is 0 Å². The molecule has 38 heavy (non-hydrogen) atoms. The van der Waals surface area contributed by atoms with Crippen molar-refractivity contribution in [3.8, 4) is 28.6 Å². The number of rotatable bonds is 10. The number of benzene rings is 1. The summed E-state index contributed by atoms with van der Waals surface area (Å²) < 4.78 is 61.2. The SMILES string of the molecule is COc1cccc(OC)c1-n1c(NS(=O)(=O)C(C)C(OC)c2ccc(F)cn2)nnc1-c1cncc(C)c1. The van der Waals surface area contributed by atoms with Crippen molar-refractivity contribution >= 4 is 16.0 Å². The number of ether oxygens (including phenoxy) is 3. The Kier molecular flexibility index (Phi) is 7.88. The molecule has 2 atom stereocenters. The van der Waals surface area contributed by atoms with Crippen LogP contribution in [-0.4, -0.2) is 59.7 Å². The number of sulfonamides is 1. The van der Waals surface area contributed by atoms with Crippen molar-refractivity contribution in [3.63, 3.8) is 0 Å². The number of hydrogen-bond acceptors (Lipinski definition) is 9. The standard InChI is InChI=1S/C25H27FN6O5S/c1-15-11-17(13-27-12-15)24-29-30-25(32(24)22-20(35-3)7-6-8-21(22)36-4)31-38(33,34)16(2)23(37-5)19-10-9-18(26)14-28-19/h6-14,16,23H,1-5H3,(H,30,31). The maximum Gasteiger partial charge on any atom is 0.243 e. The van der Waals surface area contributed by atoms with E-state index in [-0.39, 0.29) is 11.6 Å². The summed E-state index contributed by atoms with van der Waals surface area (Å²) in [7, 11) is 0.170. The minimum absolute atomic E-state index is 0.113. The molecule has 4 rings (SSSR count). The maximum atomic E-state index is 13.6. The molecule has 0 radical (unpaired) electrons. The smallest absolute Gasteiger partial charge is 0.243 e. The van der Waals surface area contributed by atoms with Crippen LogP contribution in [0.3, 0.4) is 0 Å². The van der Waals surface area contributed by atoms with Crippen LogP contribution in [-0.2, 0) is 14.8 Å². The summed E-state index contributed by atoms with van der Waals surface area (Å²) in [6.07, 6.45) is 3.29. The van der Waals surface area contributed by atoms with E-state index in [9.17, 15) is 12.8 Å². The molecule has 3 aromatic heterocycles. The number of nitrogens with one attached hydrogen (secondary N) is 1. The first-order chi connectivity index (χ1) is 18.2. The zero-order valence-corrected chi connectivity index (χ0v) is 22.2. The van der Waals surface area contributed by atoms with Crippen LogP contribution < -0.4 is 14.2 Å². The highest BCUT2D eigenvalue weighted by Crippen LogP contribution is 2.38. The number of aromatic nitrogens is 5. The summed E-state index contributed by atoms with van der Waals surface area (Å²) in [6, 6.07) is 9.56. The lowest BCUT2D eigenvalue weighted by Crippen LogP contribution is -2.33. The van der Waals surface area contributed by atoms with E-state index in [0.717, 1.165) is 11.8 Å². The fourth-order valence-corrected chi connectivity index (χ4v) is 5.12. The molecular weight excluding hydrogens is 515 g/mol. The zero-order valence-electron chi connectivity index (χ0n) is 21.4. The number of anilines is 1. The summed E-state index contributed by atoms with van der Waals surface area (Å²) in [5.74, 6) is 0.430. The lowest BCUT2D eigenvalue weighted by atomic mass is 10.2. The fraction of sp³-hybridized carbons (Fsp3) is 0.280. The lowest BCUT2D eigenvalue weighted by molar-refractivity contribution is 0.0988. The Labute approximate surface area is 219 Å². The third kappa shape index (κ3) is 5.29. The Morgan fingerprint density at radius 3 is 2.29 bits per heavy atom. The number of pyridine rings is 2. The highest BCUT2D eigenvalue weighted by Gasteiger charge is 2.34. The van der Waals surface area contributed by atoms with Gasteiger partial charge in [-0.2, -0.15) is 0 Å². The van der Waals surface area contributed by atoms with E-state index < -0.39 is 27.2 Å². The molecule has 11 nitrogen and oxygen atoms in total. The Bertz CT molecular complexity index is 1510. The lowest BCUT2D eigenvalue weighted by Gasteiger charge is -2.23. The molecule has 2 unspecified atom stereocenters. The van der Waals surface area contributed by atoms with Crippen LogP contribution in [0, 0.1) is 12.7 Å². The number of halogens is 1. The van der Waals surface area contributed by atoms with Crippen LogP contribution in [0.1, 0.15) is 24.3 Å². The van der Waals surface area contributed by atoms with E-state index in [1.54, 1.807) is 30.6 Å². The molecule has 0 saturated carbocycles. The topological polar surface area (TPSA) is 130 Å². The molecule has 0 aliphatic rings. The average Bonchev–Trinajstić information content (AvgIpc) is 3.31. The number of methoxy groups -OCH3 is 3. The normalized spacial score (nSPS) is 13.1. The van der Waals surface area contributed by atoms with Gasteiger partial charge in [-0.3, -0.25) is 19.3 Å². The van der Waals surface area contributed by atoms with Crippen LogP contribution in [0.25, 0.3) is 17.1 Å². The van der Waals surface area contributed by atoms with Crippen LogP contribution >= 0.6 is 0 Å². The first-order valence-electron chi connectivity index (χ1n) is 11.4. The molecule has 0 fully saturated rings. The molecule has 1 aromatic carbocycles. The van der Waals surface area contributed by atoms with Gasteiger partial charge in [0.2, 0.25) is 16.0 Å². The monoisotopic (exact) mass is 542 g/mol. The number of hydrogen-bond donors (Lipinski definition) is 1. The molecule has 13 heteroatoms. The molecule has 0 aliphatic heterocycles. The molecule has 0 saturated heterocycles. The summed E-state index contributed by atoms with van der Waals surface area (Å²) in [5.41, 5.74) is 2.10. The van der Waals surface area contributed by atoms with Gasteiger partial charge in [-0.25, -0.2) is 12.8 Å². The van der Waals surface area contributed by atoms with Crippen molar-refractivity contribution < 1.29 is 27.0 Å². The van der Waals surface area contributed by atoms with Crippen LogP contribution in [0.15, 0.2) is 55.0 Å². The average molecular weight is 543 g/mol. The number of nitrogens with zero attached hydrogens (tertiary/aromatic N) is 5. The van der Waals surface area contributed by atoms with Gasteiger partial charge in [0.05, 0.1) is 26.1 Å². The van der Waals surface area contributed by atoms with Crippen LogP contribution in [0.5, 0.6) is 11.5 Å². The predicted molar refractivity (Wildman–Crippen MR) is 138 cm³/mol. The van der Waals surface area contributed by atoms with Crippen molar-refractivity contribution in [2.45, 2.75) is 25.2 Å². The Balaban J connectivity index is 1.84. The van der Waals surface area contributed by atoms with Crippen molar-refractivity contribution in [3.05, 3.63) is 72.1 Å². The van der Waals surface area contributed by atoms with Crippen LogP contribution in [0.4, 0.5) is 10.3 Å². The fourth-order valence-electron chi connectivity index (χ4n) is 3.97. The Morgan fingerprint density at radius 1 is 1.00 bits per heavy atom. The molecule has 0 amide bonds. The van der Waals surface area contributed by atoms with Gasteiger partial charge < -0.3 is 14.2 Å². The highest BCUT2D eigenvalue weighted by molar-refractivity contribution is 7.93. The van der Waals surface area contributed by atoms with Gasteiger partial charge in [-0.05, 0) is 49.7 Å². The highest BCUT2D eigenvalue weighted by atomic mass is 32.2. The zero-order chi connectivity index (χ0) is 27.4. The van der Waals surface area contributed by atoms with Gasteiger partial charge in [0.1, 0.15) is 34.4 Å². The summed E-state index contributed by atoms with van der Waals surface area (Å²) >= 11 is 0. The minimum Gasteiger partial charge on any atom is -0.494 e. The third-order valence-electron chi connectivity index (χ3n) is 5.87. The molecule has 3 heterocycles. The predicted octanol–water partition coefficient (Wildman–Crippen LogP) is 3.71. The van der Waals surface area contributed by atoms with E-state index in [1.165, 1.54) is 45.0 Å². The maximum absolute atomic E-state index is 13.6. The van der Waals surface area contributed by atoms with Gasteiger partial charge in [-0.15, -0.1) is 10.2 Å². The first-order valence-corrected chi connectivity index (χ1v) is 13.0. The van der Waals surface area contributed by atoms with Crippen molar-refractivity contribution in [2.75, 3.05) is 26.1 Å². The second-order valence-corrected chi connectivity index (χ2v) is 10.4. The molecule has 0 aliphatic carbocycles. The summed E-state index contributed by atoms with van der Waals surface area (Å²) in [6.45, 7) is 3.33. The quantitative estimate of drug-likeness (QED) is 0.319. The van der Waals surface area contributed by atoms with Gasteiger partial charge >= 0.3 is 0 Å². The van der Waals surface area contributed by atoms with Gasteiger partial charge in [0.15, 0.2) is 5.82 Å². The number of aryl methyl sites for hydroxylation is 1. The van der Waals surface area contributed by atoms with E-state index in [2.05, 4.69) is 24.9 Å². The number of para-hydroxylation sites is 1. The van der Waals surface area contributed by atoms with Gasteiger partial charge in [0, 0.05) is 25.1 Å².